The Bertz CT molecular complexity index is 1630. The molecular formula is C27H29ClN4O6. The van der Waals surface area contributed by atoms with Gasteiger partial charge in [0.25, 0.3) is 17.0 Å². The summed E-state index contributed by atoms with van der Waals surface area (Å²) in [5, 5.41) is 2.93. The Morgan fingerprint density at radius 3 is 2.39 bits per heavy atom. The molecule has 2 heterocycles. The molecule has 0 spiro atoms. The van der Waals surface area contributed by atoms with Gasteiger partial charge in [0.2, 0.25) is 5.43 Å². The Labute approximate surface area is 222 Å². The van der Waals surface area contributed by atoms with E-state index in [1.54, 1.807) is 35.2 Å². The molecule has 11 heteroatoms. The Balaban J connectivity index is 1.67. The molecule has 1 amide bonds. The van der Waals surface area contributed by atoms with E-state index in [2.05, 4.69) is 10.1 Å². The number of carbonyl (C=O) groups excluding carboxylic acids is 1. The zero-order valence-corrected chi connectivity index (χ0v) is 22.0. The summed E-state index contributed by atoms with van der Waals surface area (Å²) >= 11 is 6.01. The van der Waals surface area contributed by atoms with Gasteiger partial charge in [-0.25, -0.2) is 4.68 Å². The molecule has 0 aliphatic rings. The van der Waals surface area contributed by atoms with E-state index in [0.29, 0.717) is 61.2 Å². The molecule has 0 aliphatic heterocycles. The zero-order valence-electron chi connectivity index (χ0n) is 21.2. The van der Waals surface area contributed by atoms with Crippen LogP contribution in [0.2, 0.25) is 5.02 Å². The molecule has 0 radical (unpaired) electrons. The standard InChI is InChI=1S/C27H29ClN4O6/c1-3-37-12-10-31(11-13-38-4-2)26(35)18-7-5-6-17(14-18)16-32-27(36)22-23(25(34)30-32)29-21-15-19(28)8-9-20(21)24(22)33/h5-9,14-15H,3-4,10-13,16H2,1-2H3,(H,29,33)(H,30,34). The first-order chi connectivity index (χ1) is 18.3. The van der Waals surface area contributed by atoms with Crippen LogP contribution in [0.1, 0.15) is 29.8 Å². The lowest BCUT2D eigenvalue weighted by Crippen LogP contribution is -2.37. The van der Waals surface area contributed by atoms with E-state index in [0.717, 1.165) is 4.68 Å². The largest absolute Gasteiger partial charge is 0.380 e. The Hall–Kier alpha value is -3.73. The number of fused-ring (bicyclic) bond motifs is 2. The molecule has 200 valence electrons. The van der Waals surface area contributed by atoms with Crippen LogP contribution >= 0.6 is 11.6 Å². The molecule has 2 aromatic heterocycles. The molecular weight excluding hydrogens is 512 g/mol. The summed E-state index contributed by atoms with van der Waals surface area (Å²) in [6.45, 7) is 6.45. The average molecular weight is 541 g/mol. The summed E-state index contributed by atoms with van der Waals surface area (Å²) in [4.78, 5) is 57.0. The van der Waals surface area contributed by atoms with Crippen LogP contribution < -0.4 is 16.5 Å². The molecule has 0 fully saturated rings. The van der Waals surface area contributed by atoms with E-state index in [1.165, 1.54) is 12.1 Å². The van der Waals surface area contributed by atoms with Crippen LogP contribution in [0.5, 0.6) is 0 Å². The molecule has 0 saturated carbocycles. The molecule has 38 heavy (non-hydrogen) atoms. The highest BCUT2D eigenvalue weighted by atomic mass is 35.5. The van der Waals surface area contributed by atoms with Gasteiger partial charge in [-0.3, -0.25) is 24.3 Å². The van der Waals surface area contributed by atoms with Gasteiger partial charge < -0.3 is 19.4 Å². The van der Waals surface area contributed by atoms with Crippen LogP contribution in [0.4, 0.5) is 0 Å². The maximum atomic E-state index is 13.3. The molecule has 4 rings (SSSR count). The van der Waals surface area contributed by atoms with Gasteiger partial charge in [-0.2, -0.15) is 0 Å². The highest BCUT2D eigenvalue weighted by Crippen LogP contribution is 2.16. The minimum absolute atomic E-state index is 0.0406. The lowest BCUT2D eigenvalue weighted by Gasteiger charge is -2.23. The smallest absolute Gasteiger partial charge is 0.287 e. The second-order valence-electron chi connectivity index (χ2n) is 8.61. The summed E-state index contributed by atoms with van der Waals surface area (Å²) in [5.41, 5.74) is -0.554. The average Bonchev–Trinajstić information content (AvgIpc) is 2.90. The highest BCUT2D eigenvalue weighted by Gasteiger charge is 2.18. The van der Waals surface area contributed by atoms with Crippen LogP contribution in [-0.4, -0.2) is 65.1 Å². The van der Waals surface area contributed by atoms with Crippen molar-refractivity contribution >= 4 is 39.3 Å². The van der Waals surface area contributed by atoms with Crippen molar-refractivity contribution in [1.82, 2.24) is 19.7 Å². The van der Waals surface area contributed by atoms with E-state index in [-0.39, 0.29) is 28.7 Å². The van der Waals surface area contributed by atoms with Gasteiger partial charge in [0.15, 0.2) is 0 Å². The predicted molar refractivity (Wildman–Crippen MR) is 146 cm³/mol. The quantitative estimate of drug-likeness (QED) is 0.222. The van der Waals surface area contributed by atoms with Crippen LogP contribution in [-0.2, 0) is 16.0 Å². The fraction of sp³-hybridized carbons (Fsp3) is 0.333. The van der Waals surface area contributed by atoms with Crippen LogP contribution in [0.3, 0.4) is 0 Å². The van der Waals surface area contributed by atoms with Crippen molar-refractivity contribution in [3.8, 4) is 0 Å². The molecule has 0 aliphatic carbocycles. The summed E-state index contributed by atoms with van der Waals surface area (Å²) in [5.74, 6) is -0.202. The number of nitrogens with zero attached hydrogens (tertiary/aromatic N) is 2. The lowest BCUT2D eigenvalue weighted by molar-refractivity contribution is 0.0550. The number of rotatable bonds is 11. The second kappa shape index (κ2) is 12.2. The fourth-order valence-corrected chi connectivity index (χ4v) is 4.41. The zero-order chi connectivity index (χ0) is 27.2. The molecule has 4 aromatic rings. The molecule has 0 unspecified atom stereocenters. The number of nitrogens with one attached hydrogen (secondary N) is 2. The fourth-order valence-electron chi connectivity index (χ4n) is 4.23. The second-order valence-corrected chi connectivity index (χ2v) is 9.05. The summed E-state index contributed by atoms with van der Waals surface area (Å²) in [7, 11) is 0. The summed E-state index contributed by atoms with van der Waals surface area (Å²) < 4.78 is 11.9. The number of hydrogen-bond donors (Lipinski definition) is 2. The van der Waals surface area contributed by atoms with E-state index in [1.807, 2.05) is 13.8 Å². The topological polar surface area (TPSA) is 126 Å². The van der Waals surface area contributed by atoms with Gasteiger partial charge in [-0.15, -0.1) is 0 Å². The van der Waals surface area contributed by atoms with Crippen molar-refractivity contribution < 1.29 is 14.3 Å². The SMILES string of the molecule is CCOCCN(CCOCC)C(=O)c1cccc(Cn2[nH]c(=O)c3[nH]c4cc(Cl)ccc4c(=O)c3c2=O)c1. The number of benzene rings is 2. The first-order valence-electron chi connectivity index (χ1n) is 12.4. The van der Waals surface area contributed by atoms with E-state index in [9.17, 15) is 19.2 Å². The Morgan fingerprint density at radius 1 is 1.00 bits per heavy atom. The van der Waals surface area contributed by atoms with Gasteiger partial charge in [0.05, 0.1) is 25.3 Å². The van der Waals surface area contributed by atoms with Crippen molar-refractivity contribution in [1.29, 1.82) is 0 Å². The number of hydrogen-bond acceptors (Lipinski definition) is 6. The van der Waals surface area contributed by atoms with E-state index in [4.69, 9.17) is 21.1 Å². The molecule has 2 aromatic carbocycles. The maximum Gasteiger partial charge on any atom is 0.287 e. The summed E-state index contributed by atoms with van der Waals surface area (Å²) in [6.07, 6.45) is 0. The van der Waals surface area contributed by atoms with Crippen molar-refractivity contribution in [2.24, 2.45) is 0 Å². The number of H-pyrrole nitrogens is 2. The van der Waals surface area contributed by atoms with Crippen molar-refractivity contribution in [3.05, 3.63) is 89.5 Å². The molecule has 0 bridgehead atoms. The normalized spacial score (nSPS) is 11.3. The van der Waals surface area contributed by atoms with Crippen molar-refractivity contribution in [2.75, 3.05) is 39.5 Å². The molecule has 10 nitrogen and oxygen atoms in total. The third kappa shape index (κ3) is 5.88. The Kier molecular flexibility index (Phi) is 8.77. The van der Waals surface area contributed by atoms with Crippen LogP contribution in [0.15, 0.2) is 56.8 Å². The number of aromatic nitrogens is 3. The number of halogens is 1. The first-order valence-corrected chi connectivity index (χ1v) is 12.7. The van der Waals surface area contributed by atoms with Crippen LogP contribution in [0.25, 0.3) is 21.8 Å². The predicted octanol–water partition coefficient (Wildman–Crippen LogP) is 2.75. The number of pyridine rings is 1. The van der Waals surface area contributed by atoms with Gasteiger partial charge in [0.1, 0.15) is 10.9 Å². The number of aromatic amines is 2. The summed E-state index contributed by atoms with van der Waals surface area (Å²) in [6, 6.07) is 11.4. The maximum absolute atomic E-state index is 13.3. The van der Waals surface area contributed by atoms with E-state index >= 15 is 0 Å². The monoisotopic (exact) mass is 540 g/mol. The third-order valence-corrected chi connectivity index (χ3v) is 6.34. The first kappa shape index (κ1) is 27.3. The number of carbonyl (C=O) groups is 1. The van der Waals surface area contributed by atoms with Gasteiger partial charge >= 0.3 is 0 Å². The van der Waals surface area contributed by atoms with Gasteiger partial charge in [-0.05, 0) is 49.7 Å². The highest BCUT2D eigenvalue weighted by molar-refractivity contribution is 6.31. The van der Waals surface area contributed by atoms with Crippen molar-refractivity contribution in [2.45, 2.75) is 20.4 Å². The molecule has 2 N–H and O–H groups in total. The number of amides is 1. The minimum atomic E-state index is -0.649. The lowest BCUT2D eigenvalue weighted by atomic mass is 10.1. The molecule has 0 atom stereocenters. The number of ether oxygens (including phenoxy) is 2. The Morgan fingerprint density at radius 2 is 1.71 bits per heavy atom. The van der Waals surface area contributed by atoms with Crippen molar-refractivity contribution in [3.63, 3.8) is 0 Å². The third-order valence-electron chi connectivity index (χ3n) is 6.11. The van der Waals surface area contributed by atoms with Gasteiger partial charge in [-0.1, -0.05) is 23.7 Å². The minimum Gasteiger partial charge on any atom is -0.380 e. The molecule has 0 saturated heterocycles. The van der Waals surface area contributed by atoms with Crippen LogP contribution in [0, 0.1) is 0 Å². The van der Waals surface area contributed by atoms with E-state index < -0.39 is 16.5 Å². The van der Waals surface area contributed by atoms with Gasteiger partial charge in [0, 0.05) is 42.3 Å².